The Bertz CT molecular complexity index is 1580. The molecule has 0 aromatic rings. The fourth-order valence-electron chi connectivity index (χ4n) is 6.92. The Morgan fingerprint density at radius 2 is 0.557 bits per heavy atom. The van der Waals surface area contributed by atoms with Gasteiger partial charge in [0.15, 0.2) is 6.10 Å². The lowest BCUT2D eigenvalue weighted by Crippen LogP contribution is -2.30. The van der Waals surface area contributed by atoms with Crippen molar-refractivity contribution >= 4 is 17.9 Å². The van der Waals surface area contributed by atoms with Gasteiger partial charge >= 0.3 is 17.9 Å². The van der Waals surface area contributed by atoms with E-state index >= 15 is 0 Å². The summed E-state index contributed by atoms with van der Waals surface area (Å²) in [6.45, 7) is 6.28. The first-order valence-electron chi connectivity index (χ1n) is 27.8. The van der Waals surface area contributed by atoms with Gasteiger partial charge in [-0.1, -0.05) is 212 Å². The van der Waals surface area contributed by atoms with Gasteiger partial charge < -0.3 is 14.2 Å². The number of rotatable bonds is 48. The van der Waals surface area contributed by atoms with E-state index in [1.165, 1.54) is 19.3 Å². The zero-order valence-electron chi connectivity index (χ0n) is 44.7. The van der Waals surface area contributed by atoms with Crippen molar-refractivity contribution in [3.05, 3.63) is 146 Å². The van der Waals surface area contributed by atoms with Crippen LogP contribution in [0.5, 0.6) is 0 Å². The Morgan fingerprint density at radius 3 is 0.900 bits per heavy atom. The first-order valence-corrected chi connectivity index (χ1v) is 27.8. The molecule has 0 saturated carbocycles. The second-order valence-corrected chi connectivity index (χ2v) is 17.7. The summed E-state index contributed by atoms with van der Waals surface area (Å²) in [5.41, 5.74) is 0. The minimum atomic E-state index is -0.822. The molecule has 6 nitrogen and oxygen atoms in total. The maximum absolute atomic E-state index is 12.8. The van der Waals surface area contributed by atoms with Gasteiger partial charge in [-0.15, -0.1) is 0 Å². The van der Waals surface area contributed by atoms with Crippen molar-refractivity contribution in [2.75, 3.05) is 13.2 Å². The highest BCUT2D eigenvalue weighted by Gasteiger charge is 2.19. The van der Waals surface area contributed by atoms with Gasteiger partial charge in [0.1, 0.15) is 13.2 Å². The summed E-state index contributed by atoms with van der Waals surface area (Å²) in [5.74, 6) is -1.01. The average molecular weight is 965 g/mol. The minimum absolute atomic E-state index is 0.116. The van der Waals surface area contributed by atoms with E-state index < -0.39 is 6.10 Å². The van der Waals surface area contributed by atoms with Crippen molar-refractivity contribution in [2.24, 2.45) is 0 Å². The average Bonchev–Trinajstić information content (AvgIpc) is 3.36. The monoisotopic (exact) mass is 965 g/mol. The SMILES string of the molecule is CC/C=C\C/C=C\C/C=C\C/C=C\C/C=C\C/C=C\CCCCC(=O)OCC(COC(=O)CCCCCCC/C=C\C/C=C\CCCC)OC(=O)CCCCCC/C=C\C/C=C\C/C=C\C/C=C\CC. The topological polar surface area (TPSA) is 78.9 Å². The summed E-state index contributed by atoms with van der Waals surface area (Å²) in [5, 5.41) is 0. The predicted octanol–water partition coefficient (Wildman–Crippen LogP) is 18.8. The molecule has 0 fully saturated rings. The van der Waals surface area contributed by atoms with Crippen LogP contribution in [0.25, 0.3) is 0 Å². The van der Waals surface area contributed by atoms with Crippen molar-refractivity contribution in [2.45, 2.75) is 226 Å². The van der Waals surface area contributed by atoms with Gasteiger partial charge in [0.05, 0.1) is 0 Å². The summed E-state index contributed by atoms with van der Waals surface area (Å²) in [4.78, 5) is 38.1. The van der Waals surface area contributed by atoms with E-state index in [9.17, 15) is 14.4 Å². The van der Waals surface area contributed by atoms with E-state index in [1.54, 1.807) is 0 Å². The van der Waals surface area contributed by atoms with Crippen LogP contribution in [0, 0.1) is 0 Å². The molecule has 70 heavy (non-hydrogen) atoms. The van der Waals surface area contributed by atoms with Crippen LogP contribution in [0.15, 0.2) is 146 Å². The summed E-state index contributed by atoms with van der Waals surface area (Å²) in [6.07, 6.45) is 81.2. The zero-order chi connectivity index (χ0) is 50.7. The Morgan fingerprint density at radius 1 is 0.300 bits per heavy atom. The van der Waals surface area contributed by atoms with Gasteiger partial charge in [0.2, 0.25) is 0 Å². The number of carbonyl (C=O) groups excluding carboxylic acids is 3. The maximum Gasteiger partial charge on any atom is 0.306 e. The van der Waals surface area contributed by atoms with E-state index in [0.717, 1.165) is 154 Å². The number of allylic oxidation sites excluding steroid dienone is 24. The van der Waals surface area contributed by atoms with Crippen molar-refractivity contribution in [3.63, 3.8) is 0 Å². The van der Waals surface area contributed by atoms with Crippen molar-refractivity contribution in [3.8, 4) is 0 Å². The molecule has 0 rings (SSSR count). The number of ether oxygens (including phenoxy) is 3. The number of esters is 3. The highest BCUT2D eigenvalue weighted by molar-refractivity contribution is 5.71. The molecule has 0 spiro atoms. The van der Waals surface area contributed by atoms with Crippen molar-refractivity contribution < 1.29 is 28.6 Å². The molecule has 0 bridgehead atoms. The summed E-state index contributed by atoms with van der Waals surface area (Å²) in [7, 11) is 0. The number of hydrogen-bond donors (Lipinski definition) is 0. The third-order valence-electron chi connectivity index (χ3n) is 11.1. The first kappa shape index (κ1) is 65.3. The smallest absolute Gasteiger partial charge is 0.306 e. The molecule has 0 aliphatic rings. The van der Waals surface area contributed by atoms with E-state index in [1.807, 2.05) is 0 Å². The van der Waals surface area contributed by atoms with E-state index in [4.69, 9.17) is 14.2 Å². The van der Waals surface area contributed by atoms with Crippen LogP contribution in [0.2, 0.25) is 0 Å². The molecule has 0 amide bonds. The predicted molar refractivity (Wildman–Crippen MR) is 302 cm³/mol. The lowest BCUT2D eigenvalue weighted by Gasteiger charge is -2.18. The third kappa shape index (κ3) is 54.2. The summed E-state index contributed by atoms with van der Waals surface area (Å²) < 4.78 is 16.8. The molecule has 0 radical (unpaired) electrons. The van der Waals surface area contributed by atoms with Gasteiger partial charge in [-0.25, -0.2) is 0 Å². The van der Waals surface area contributed by atoms with Gasteiger partial charge in [-0.05, 0) is 135 Å². The standard InChI is InChI=1S/C64H100O6/c1-4-7-10-13-16-19-22-25-28-30-31-32-33-35-36-39-42-45-48-51-54-57-63(66)69-60-61(59-68-62(65)56-53-50-47-44-41-38-27-24-21-18-15-12-9-6-3)70-64(67)58-55-52-49-46-43-40-37-34-29-26-23-20-17-14-11-8-5-2/h7-8,10-11,15-20,24-29,31-32,35-37,40,42,45,61H,4-6,9,12-14,21-23,30,33-34,38-39,41,43-44,46-60H2,1-3H3/b10-7-,11-8-,18-15-,19-16-,20-17-,27-24-,28-25-,29-26-,32-31-,36-35-,40-37-,45-42-. The molecular formula is C64H100O6. The van der Waals surface area contributed by atoms with Crippen LogP contribution in [0.3, 0.4) is 0 Å². The van der Waals surface area contributed by atoms with Gasteiger partial charge in [0, 0.05) is 19.3 Å². The first-order chi connectivity index (χ1) is 34.5. The van der Waals surface area contributed by atoms with Gasteiger partial charge in [0.25, 0.3) is 0 Å². The molecule has 0 aromatic heterocycles. The van der Waals surface area contributed by atoms with E-state index in [2.05, 4.69) is 167 Å². The Balaban J connectivity index is 4.55. The van der Waals surface area contributed by atoms with Gasteiger partial charge in [-0.2, -0.15) is 0 Å². The second kappa shape index (κ2) is 56.9. The molecule has 0 aromatic carbocycles. The number of unbranched alkanes of at least 4 members (excludes halogenated alkanes) is 13. The quantitative estimate of drug-likeness (QED) is 0.0262. The largest absolute Gasteiger partial charge is 0.462 e. The molecule has 0 heterocycles. The Labute approximate surface area is 429 Å². The Hall–Kier alpha value is -4.71. The lowest BCUT2D eigenvalue weighted by atomic mass is 10.1. The van der Waals surface area contributed by atoms with Crippen molar-refractivity contribution in [1.82, 2.24) is 0 Å². The molecule has 392 valence electrons. The fourth-order valence-corrected chi connectivity index (χ4v) is 6.92. The molecule has 0 aliphatic carbocycles. The van der Waals surface area contributed by atoms with Crippen LogP contribution in [0.1, 0.15) is 220 Å². The van der Waals surface area contributed by atoms with E-state index in [0.29, 0.717) is 12.8 Å². The van der Waals surface area contributed by atoms with Crippen LogP contribution in [0.4, 0.5) is 0 Å². The highest BCUT2D eigenvalue weighted by Crippen LogP contribution is 2.12. The molecule has 0 N–H and O–H groups in total. The molecule has 0 aliphatic heterocycles. The third-order valence-corrected chi connectivity index (χ3v) is 11.1. The minimum Gasteiger partial charge on any atom is -0.462 e. The Kier molecular flexibility index (Phi) is 53.0. The fraction of sp³-hybridized carbons (Fsp3) is 0.578. The van der Waals surface area contributed by atoms with Gasteiger partial charge in [-0.3, -0.25) is 14.4 Å². The molecule has 1 atom stereocenters. The zero-order valence-corrected chi connectivity index (χ0v) is 44.7. The van der Waals surface area contributed by atoms with Crippen LogP contribution >= 0.6 is 0 Å². The second-order valence-electron chi connectivity index (χ2n) is 17.7. The molecular weight excluding hydrogens is 865 g/mol. The van der Waals surface area contributed by atoms with Crippen LogP contribution in [-0.4, -0.2) is 37.2 Å². The molecule has 6 heteroatoms. The summed E-state index contributed by atoms with van der Waals surface area (Å²) in [6, 6.07) is 0. The van der Waals surface area contributed by atoms with Crippen molar-refractivity contribution in [1.29, 1.82) is 0 Å². The normalized spacial score (nSPS) is 13.2. The summed E-state index contributed by atoms with van der Waals surface area (Å²) >= 11 is 0. The molecule has 1 unspecified atom stereocenters. The van der Waals surface area contributed by atoms with Crippen LogP contribution < -0.4 is 0 Å². The highest BCUT2D eigenvalue weighted by atomic mass is 16.6. The molecule has 0 saturated heterocycles. The van der Waals surface area contributed by atoms with Crippen LogP contribution in [-0.2, 0) is 28.6 Å². The maximum atomic E-state index is 12.8. The number of hydrogen-bond acceptors (Lipinski definition) is 6. The number of carbonyl (C=O) groups is 3. The van der Waals surface area contributed by atoms with E-state index in [-0.39, 0.29) is 44.0 Å². The lowest BCUT2D eigenvalue weighted by molar-refractivity contribution is -0.167.